The van der Waals surface area contributed by atoms with Crippen LogP contribution in [0.1, 0.15) is 16.8 Å². The summed E-state index contributed by atoms with van der Waals surface area (Å²) in [6.07, 6.45) is 1.20. The van der Waals surface area contributed by atoms with Crippen LogP contribution in [0.15, 0.2) is 46.3 Å². The molecule has 6 nitrogen and oxygen atoms in total. The fourth-order valence-electron chi connectivity index (χ4n) is 2.61. The van der Waals surface area contributed by atoms with Gasteiger partial charge in [-0.1, -0.05) is 23.4 Å². The molecule has 1 amide bonds. The molecular weight excluding hydrogens is 416 g/mol. The van der Waals surface area contributed by atoms with E-state index in [1.807, 2.05) is 30.5 Å². The Morgan fingerprint density at radius 3 is 2.82 bits per heavy atom. The predicted octanol–water partition coefficient (Wildman–Crippen LogP) is 4.13. The minimum Gasteiger partial charge on any atom is -0.355 e. The molecule has 28 heavy (non-hydrogen) atoms. The number of carbonyl (C=O) groups excluding carboxylic acids is 1. The highest BCUT2D eigenvalue weighted by atomic mass is 32.2. The molecule has 0 aliphatic rings. The number of benzene rings is 1. The molecule has 0 spiro atoms. The van der Waals surface area contributed by atoms with Crippen molar-refractivity contribution in [1.82, 2.24) is 5.16 Å². The molecule has 0 atom stereocenters. The van der Waals surface area contributed by atoms with Crippen molar-refractivity contribution in [2.24, 2.45) is 0 Å². The van der Waals surface area contributed by atoms with Crippen LogP contribution in [0.25, 0.3) is 10.6 Å². The van der Waals surface area contributed by atoms with Crippen LogP contribution < -0.4 is 5.32 Å². The first kappa shape index (κ1) is 20.6. The molecule has 0 saturated heterocycles. The number of hydrogen-bond donors (Lipinski definition) is 1. The smallest absolute Gasteiger partial charge is 0.234 e. The van der Waals surface area contributed by atoms with Gasteiger partial charge in [-0.25, -0.2) is 8.42 Å². The van der Waals surface area contributed by atoms with Crippen LogP contribution in [0.2, 0.25) is 0 Å². The first-order chi connectivity index (χ1) is 13.3. The Bertz CT molecular complexity index is 1060. The van der Waals surface area contributed by atoms with Crippen LogP contribution in [0.4, 0.5) is 5.69 Å². The number of amides is 1. The van der Waals surface area contributed by atoms with E-state index >= 15 is 0 Å². The number of rotatable bonds is 8. The lowest BCUT2D eigenvalue weighted by atomic mass is 10.1. The number of hydrogen-bond acceptors (Lipinski definition) is 7. The highest BCUT2D eigenvalue weighted by Crippen LogP contribution is 2.26. The number of nitrogens with zero attached hydrogens (tertiary/aromatic N) is 1. The molecule has 0 aliphatic carbocycles. The summed E-state index contributed by atoms with van der Waals surface area (Å²) < 4.78 is 28.4. The molecule has 1 aromatic carbocycles. The Morgan fingerprint density at radius 2 is 2.11 bits per heavy atom. The van der Waals surface area contributed by atoms with Crippen molar-refractivity contribution in [3.8, 4) is 10.6 Å². The zero-order valence-electron chi connectivity index (χ0n) is 15.5. The van der Waals surface area contributed by atoms with Crippen LogP contribution in [0.5, 0.6) is 0 Å². The van der Waals surface area contributed by atoms with E-state index in [-0.39, 0.29) is 17.4 Å². The number of carbonyl (C=O) groups is 1. The van der Waals surface area contributed by atoms with Crippen molar-refractivity contribution in [1.29, 1.82) is 0 Å². The zero-order chi connectivity index (χ0) is 20.1. The van der Waals surface area contributed by atoms with Crippen molar-refractivity contribution in [2.45, 2.75) is 18.4 Å². The summed E-state index contributed by atoms with van der Waals surface area (Å²) in [6.45, 7) is 1.81. The quantitative estimate of drug-likeness (QED) is 0.571. The third-order valence-electron chi connectivity index (χ3n) is 3.94. The molecule has 148 valence electrons. The summed E-state index contributed by atoms with van der Waals surface area (Å²) in [5.41, 5.74) is 2.88. The predicted molar refractivity (Wildman–Crippen MR) is 114 cm³/mol. The van der Waals surface area contributed by atoms with Gasteiger partial charge in [-0.3, -0.25) is 4.79 Å². The lowest BCUT2D eigenvalue weighted by Crippen LogP contribution is -2.15. The molecule has 0 bridgehead atoms. The van der Waals surface area contributed by atoms with Crippen molar-refractivity contribution in [3.63, 3.8) is 0 Å². The summed E-state index contributed by atoms with van der Waals surface area (Å²) in [5.74, 6) is 1.36. The van der Waals surface area contributed by atoms with E-state index in [1.165, 1.54) is 18.0 Å². The van der Waals surface area contributed by atoms with Crippen LogP contribution in [0.3, 0.4) is 0 Å². The van der Waals surface area contributed by atoms with Crippen molar-refractivity contribution in [3.05, 3.63) is 58.6 Å². The van der Waals surface area contributed by atoms with Gasteiger partial charge in [0.2, 0.25) is 5.91 Å². The van der Waals surface area contributed by atoms with Crippen LogP contribution in [-0.2, 0) is 26.1 Å². The number of anilines is 1. The fraction of sp³-hybridized carbons (Fsp3) is 0.263. The standard InChI is InChI=1S/C19H20N2O4S3/c1-13-14(12-28(2,23)24)5-3-6-16(13)20-19(22)11-26-10-15-9-17(25-21-15)18-7-4-8-27-18/h3-9H,10-12H2,1-2H3,(H,20,22). The molecule has 2 heterocycles. The second-order valence-corrected chi connectivity index (χ2v) is 10.4. The normalized spacial score (nSPS) is 11.5. The molecule has 0 fully saturated rings. The lowest BCUT2D eigenvalue weighted by Gasteiger charge is -2.12. The van der Waals surface area contributed by atoms with Crippen LogP contribution in [0, 0.1) is 6.92 Å². The minimum absolute atomic E-state index is 0.0456. The third kappa shape index (κ3) is 5.70. The van der Waals surface area contributed by atoms with E-state index < -0.39 is 9.84 Å². The van der Waals surface area contributed by atoms with E-state index in [0.29, 0.717) is 17.0 Å². The van der Waals surface area contributed by atoms with E-state index in [1.54, 1.807) is 29.5 Å². The second-order valence-electron chi connectivity index (χ2n) is 6.36. The SMILES string of the molecule is Cc1c(CS(C)(=O)=O)cccc1NC(=O)CSCc1cc(-c2cccs2)on1. The lowest BCUT2D eigenvalue weighted by molar-refractivity contribution is -0.113. The summed E-state index contributed by atoms with van der Waals surface area (Å²) in [4.78, 5) is 13.3. The first-order valence-electron chi connectivity index (χ1n) is 8.45. The highest BCUT2D eigenvalue weighted by Gasteiger charge is 2.12. The van der Waals surface area contributed by atoms with Crippen molar-refractivity contribution < 1.29 is 17.7 Å². The van der Waals surface area contributed by atoms with E-state index in [2.05, 4.69) is 10.5 Å². The van der Waals surface area contributed by atoms with Gasteiger partial charge < -0.3 is 9.84 Å². The Balaban J connectivity index is 1.53. The Kier molecular flexibility index (Phi) is 6.58. The van der Waals surface area contributed by atoms with Gasteiger partial charge in [0.15, 0.2) is 15.6 Å². The Morgan fingerprint density at radius 1 is 1.29 bits per heavy atom. The Hall–Kier alpha value is -2.10. The molecule has 0 unspecified atom stereocenters. The molecule has 2 aromatic heterocycles. The maximum atomic E-state index is 12.3. The number of thiophene rings is 1. The summed E-state index contributed by atoms with van der Waals surface area (Å²) >= 11 is 3.02. The second kappa shape index (κ2) is 8.93. The maximum absolute atomic E-state index is 12.3. The highest BCUT2D eigenvalue weighted by molar-refractivity contribution is 7.99. The average Bonchev–Trinajstić information content (AvgIpc) is 3.28. The molecule has 3 rings (SSSR count). The van der Waals surface area contributed by atoms with Crippen LogP contribution >= 0.6 is 23.1 Å². The molecule has 0 saturated carbocycles. The third-order valence-corrected chi connectivity index (χ3v) is 6.63. The number of nitrogens with one attached hydrogen (secondary N) is 1. The van der Waals surface area contributed by atoms with Gasteiger partial charge in [-0.2, -0.15) is 0 Å². The number of sulfone groups is 1. The van der Waals surface area contributed by atoms with E-state index in [0.717, 1.165) is 21.9 Å². The molecule has 9 heteroatoms. The largest absolute Gasteiger partial charge is 0.355 e. The van der Waals surface area contributed by atoms with Crippen molar-refractivity contribution >= 4 is 44.5 Å². The average molecular weight is 437 g/mol. The number of aromatic nitrogens is 1. The first-order valence-corrected chi connectivity index (χ1v) is 12.5. The van der Waals surface area contributed by atoms with E-state index in [4.69, 9.17) is 4.52 Å². The summed E-state index contributed by atoms with van der Waals surface area (Å²) in [7, 11) is -3.14. The maximum Gasteiger partial charge on any atom is 0.234 e. The molecular formula is C19H20N2O4S3. The zero-order valence-corrected chi connectivity index (χ0v) is 17.9. The van der Waals surface area contributed by atoms with E-state index in [9.17, 15) is 13.2 Å². The fourth-order valence-corrected chi connectivity index (χ4v) is 4.86. The van der Waals surface area contributed by atoms with Crippen molar-refractivity contribution in [2.75, 3.05) is 17.3 Å². The van der Waals surface area contributed by atoms with Gasteiger partial charge in [-0.15, -0.1) is 23.1 Å². The molecule has 0 aliphatic heterocycles. The van der Waals surface area contributed by atoms with Gasteiger partial charge in [0.05, 0.1) is 22.1 Å². The van der Waals surface area contributed by atoms with Gasteiger partial charge in [0, 0.05) is 23.8 Å². The van der Waals surface area contributed by atoms with Gasteiger partial charge in [0.1, 0.15) is 0 Å². The van der Waals surface area contributed by atoms with Crippen LogP contribution in [-0.4, -0.2) is 31.5 Å². The molecule has 3 aromatic rings. The Labute approximate surface area is 172 Å². The number of thioether (sulfide) groups is 1. The molecule has 0 radical (unpaired) electrons. The van der Waals surface area contributed by atoms with Gasteiger partial charge in [0.25, 0.3) is 0 Å². The topological polar surface area (TPSA) is 89.3 Å². The molecule has 1 N–H and O–H groups in total. The summed E-state index contributed by atoms with van der Waals surface area (Å²) in [6, 6.07) is 11.1. The summed E-state index contributed by atoms with van der Waals surface area (Å²) in [5, 5.41) is 8.86. The monoisotopic (exact) mass is 436 g/mol. The van der Waals surface area contributed by atoms with Gasteiger partial charge >= 0.3 is 0 Å². The minimum atomic E-state index is -3.14. The van der Waals surface area contributed by atoms with Gasteiger partial charge in [-0.05, 0) is 35.6 Å².